The minimum absolute atomic E-state index is 0.0230. The van der Waals surface area contributed by atoms with Crippen molar-refractivity contribution in [3.05, 3.63) is 53.1 Å². The standard InChI is InChI=1S/C26H32O6S/c1-4-6-20-21(14-13-19(16(2)27)25(20)29)32-22-7-5-8-23(26(22)30)33-18-11-9-17(10-12-18)15-24(28)31-3/h9-14,22-23,26,29-30H,4-8,15H2,1-3H3/t22-,23-,26-/m1/s1. The van der Waals surface area contributed by atoms with Gasteiger partial charge in [0.15, 0.2) is 5.78 Å². The molecule has 0 saturated heterocycles. The number of carbonyl (C=O) groups is 2. The zero-order chi connectivity index (χ0) is 24.0. The number of methoxy groups -OCH3 is 1. The number of carbonyl (C=O) groups excluding carboxylic acids is 2. The molecule has 2 aromatic carbocycles. The second-order valence-electron chi connectivity index (χ2n) is 8.38. The molecule has 0 radical (unpaired) electrons. The predicted molar refractivity (Wildman–Crippen MR) is 128 cm³/mol. The molecule has 1 aliphatic rings. The van der Waals surface area contributed by atoms with Crippen molar-refractivity contribution in [2.75, 3.05) is 7.11 Å². The fourth-order valence-corrected chi connectivity index (χ4v) is 5.37. The second-order valence-corrected chi connectivity index (χ2v) is 9.69. The molecule has 2 aromatic rings. The first-order chi connectivity index (χ1) is 15.8. The molecule has 3 atom stereocenters. The van der Waals surface area contributed by atoms with Crippen molar-refractivity contribution in [2.24, 2.45) is 0 Å². The third-order valence-corrected chi connectivity index (χ3v) is 7.29. The third-order valence-electron chi connectivity index (χ3n) is 5.92. The van der Waals surface area contributed by atoms with E-state index in [1.54, 1.807) is 23.9 Å². The molecule has 0 spiro atoms. The first-order valence-electron chi connectivity index (χ1n) is 11.4. The largest absolute Gasteiger partial charge is 0.507 e. The van der Waals surface area contributed by atoms with E-state index in [-0.39, 0.29) is 29.2 Å². The zero-order valence-corrected chi connectivity index (χ0v) is 20.2. The Balaban J connectivity index is 1.71. The fraction of sp³-hybridized carbons (Fsp3) is 0.462. The van der Waals surface area contributed by atoms with E-state index in [4.69, 9.17) is 9.47 Å². The number of hydrogen-bond donors (Lipinski definition) is 2. The number of aliphatic hydroxyl groups is 1. The van der Waals surface area contributed by atoms with Crippen LogP contribution in [0.4, 0.5) is 0 Å². The number of benzene rings is 2. The average molecular weight is 473 g/mol. The first-order valence-corrected chi connectivity index (χ1v) is 12.2. The number of aliphatic hydroxyl groups excluding tert-OH is 1. The summed E-state index contributed by atoms with van der Waals surface area (Å²) in [6, 6.07) is 11.0. The van der Waals surface area contributed by atoms with Gasteiger partial charge in [-0.15, -0.1) is 11.8 Å². The lowest BCUT2D eigenvalue weighted by Gasteiger charge is -2.35. The molecule has 0 heterocycles. The Labute approximate surface area is 199 Å². The van der Waals surface area contributed by atoms with Gasteiger partial charge in [-0.05, 0) is 62.4 Å². The lowest BCUT2D eigenvalue weighted by atomic mass is 9.93. The van der Waals surface area contributed by atoms with Gasteiger partial charge < -0.3 is 19.7 Å². The number of aromatic hydroxyl groups is 1. The maximum atomic E-state index is 11.8. The van der Waals surface area contributed by atoms with Crippen LogP contribution in [0, 0.1) is 0 Å². The second kappa shape index (κ2) is 11.6. The fourth-order valence-electron chi connectivity index (χ4n) is 4.12. The average Bonchev–Trinajstić information content (AvgIpc) is 2.79. The summed E-state index contributed by atoms with van der Waals surface area (Å²) in [5, 5.41) is 21.6. The van der Waals surface area contributed by atoms with Gasteiger partial charge in [0.25, 0.3) is 0 Å². The van der Waals surface area contributed by atoms with Gasteiger partial charge in [-0.25, -0.2) is 0 Å². The highest BCUT2D eigenvalue weighted by Crippen LogP contribution is 2.38. The Morgan fingerprint density at radius 1 is 1.12 bits per heavy atom. The summed E-state index contributed by atoms with van der Waals surface area (Å²) < 4.78 is 10.9. The highest BCUT2D eigenvalue weighted by molar-refractivity contribution is 8.00. The van der Waals surface area contributed by atoms with Crippen molar-refractivity contribution in [2.45, 2.75) is 74.7 Å². The predicted octanol–water partition coefficient (Wildman–Crippen LogP) is 4.72. The number of hydrogen-bond acceptors (Lipinski definition) is 7. The molecule has 1 saturated carbocycles. The molecule has 0 aliphatic heterocycles. The van der Waals surface area contributed by atoms with Crippen molar-refractivity contribution < 1.29 is 29.3 Å². The normalized spacial score (nSPS) is 20.3. The summed E-state index contributed by atoms with van der Waals surface area (Å²) in [6.07, 6.45) is 3.04. The van der Waals surface area contributed by atoms with Crippen LogP contribution >= 0.6 is 11.8 Å². The van der Waals surface area contributed by atoms with E-state index < -0.39 is 12.2 Å². The Morgan fingerprint density at radius 3 is 2.48 bits per heavy atom. The van der Waals surface area contributed by atoms with Gasteiger partial charge in [0.2, 0.25) is 0 Å². The van der Waals surface area contributed by atoms with Crippen molar-refractivity contribution in [1.29, 1.82) is 0 Å². The van der Waals surface area contributed by atoms with Crippen LogP contribution < -0.4 is 4.74 Å². The number of phenols is 1. The lowest BCUT2D eigenvalue weighted by molar-refractivity contribution is -0.139. The van der Waals surface area contributed by atoms with E-state index in [0.717, 1.165) is 36.1 Å². The molecule has 33 heavy (non-hydrogen) atoms. The molecular formula is C26H32O6S. The molecule has 0 unspecified atom stereocenters. The van der Waals surface area contributed by atoms with Crippen LogP contribution in [0.1, 0.15) is 61.0 Å². The van der Waals surface area contributed by atoms with E-state index in [2.05, 4.69) is 0 Å². The highest BCUT2D eigenvalue weighted by atomic mass is 32.2. The first kappa shape index (κ1) is 25.1. The van der Waals surface area contributed by atoms with Gasteiger partial charge in [0, 0.05) is 15.7 Å². The number of ether oxygens (including phenoxy) is 2. The van der Waals surface area contributed by atoms with Gasteiger partial charge in [-0.3, -0.25) is 9.59 Å². The van der Waals surface area contributed by atoms with E-state index in [0.29, 0.717) is 23.3 Å². The zero-order valence-electron chi connectivity index (χ0n) is 19.4. The Morgan fingerprint density at radius 2 is 1.85 bits per heavy atom. The lowest BCUT2D eigenvalue weighted by Crippen LogP contribution is -2.43. The molecule has 178 valence electrons. The minimum Gasteiger partial charge on any atom is -0.507 e. The minimum atomic E-state index is -0.678. The molecule has 0 amide bonds. The van der Waals surface area contributed by atoms with Gasteiger partial charge in [0.1, 0.15) is 23.7 Å². The van der Waals surface area contributed by atoms with Crippen LogP contribution in [-0.2, 0) is 22.4 Å². The van der Waals surface area contributed by atoms with Crippen LogP contribution in [0.5, 0.6) is 11.5 Å². The Kier molecular flexibility index (Phi) is 8.80. The molecular weight excluding hydrogens is 440 g/mol. The summed E-state index contributed by atoms with van der Waals surface area (Å²) in [7, 11) is 1.37. The van der Waals surface area contributed by atoms with Crippen LogP contribution in [0.25, 0.3) is 0 Å². The van der Waals surface area contributed by atoms with Crippen molar-refractivity contribution >= 4 is 23.5 Å². The SMILES string of the molecule is CCCc1c(O[C@@H]2CCC[C@@H](Sc3ccc(CC(=O)OC)cc3)[C@@H]2O)ccc(C(C)=O)c1O. The number of thioether (sulfide) groups is 1. The summed E-state index contributed by atoms with van der Waals surface area (Å²) >= 11 is 1.60. The van der Waals surface area contributed by atoms with E-state index in [9.17, 15) is 19.8 Å². The maximum absolute atomic E-state index is 11.8. The van der Waals surface area contributed by atoms with Crippen LogP contribution in [0.2, 0.25) is 0 Å². The van der Waals surface area contributed by atoms with E-state index in [1.165, 1.54) is 14.0 Å². The number of esters is 1. The summed E-state index contributed by atoms with van der Waals surface area (Å²) in [4.78, 5) is 24.3. The molecule has 0 bridgehead atoms. The van der Waals surface area contributed by atoms with Gasteiger partial charge in [-0.2, -0.15) is 0 Å². The van der Waals surface area contributed by atoms with Crippen LogP contribution in [0.15, 0.2) is 41.3 Å². The smallest absolute Gasteiger partial charge is 0.309 e. The summed E-state index contributed by atoms with van der Waals surface area (Å²) in [6.45, 7) is 3.43. The van der Waals surface area contributed by atoms with Gasteiger partial charge >= 0.3 is 5.97 Å². The molecule has 3 rings (SSSR count). The highest BCUT2D eigenvalue weighted by Gasteiger charge is 2.34. The molecule has 1 fully saturated rings. The monoisotopic (exact) mass is 472 g/mol. The molecule has 0 aromatic heterocycles. The Hall–Kier alpha value is -2.51. The van der Waals surface area contributed by atoms with Gasteiger partial charge in [-0.1, -0.05) is 25.5 Å². The summed E-state index contributed by atoms with van der Waals surface area (Å²) in [5.74, 6) is 0.0393. The van der Waals surface area contributed by atoms with Crippen molar-refractivity contribution in [3.63, 3.8) is 0 Å². The van der Waals surface area contributed by atoms with Crippen LogP contribution in [0.3, 0.4) is 0 Å². The van der Waals surface area contributed by atoms with Crippen LogP contribution in [-0.4, -0.2) is 46.5 Å². The number of Topliss-reactive ketones (excluding diaryl/α,β-unsaturated/α-hetero) is 1. The number of ketones is 1. The Bertz CT molecular complexity index is 971. The molecule has 1 aliphatic carbocycles. The maximum Gasteiger partial charge on any atom is 0.309 e. The molecule has 2 N–H and O–H groups in total. The third kappa shape index (κ3) is 6.30. The number of phenolic OH excluding ortho intramolecular Hbond substituents is 1. The van der Waals surface area contributed by atoms with E-state index >= 15 is 0 Å². The molecule has 7 heteroatoms. The van der Waals surface area contributed by atoms with Gasteiger partial charge in [0.05, 0.1) is 19.1 Å². The summed E-state index contributed by atoms with van der Waals surface area (Å²) in [5.41, 5.74) is 1.79. The number of rotatable bonds is 9. The van der Waals surface area contributed by atoms with Crippen molar-refractivity contribution in [3.8, 4) is 11.5 Å². The molecule has 6 nitrogen and oxygen atoms in total. The quantitative estimate of drug-likeness (QED) is 0.403. The van der Waals surface area contributed by atoms with Crippen molar-refractivity contribution in [1.82, 2.24) is 0 Å². The van der Waals surface area contributed by atoms with E-state index in [1.807, 2.05) is 31.2 Å². The topological polar surface area (TPSA) is 93.1 Å².